The highest BCUT2D eigenvalue weighted by atomic mass is 35.5. The molecule has 1 aromatic carbocycles. The van der Waals surface area contributed by atoms with Crippen LogP contribution >= 0.6 is 22.9 Å². The molecule has 8 heteroatoms. The van der Waals surface area contributed by atoms with Gasteiger partial charge in [-0.1, -0.05) is 11.6 Å². The number of methoxy groups -OCH3 is 2. The lowest BCUT2D eigenvalue weighted by Gasteiger charge is -2.11. The number of halogens is 1. The van der Waals surface area contributed by atoms with Crippen LogP contribution in [0.5, 0.6) is 5.75 Å². The fraction of sp³-hybridized carbons (Fsp3) is 0.188. The molecule has 0 unspecified atom stereocenters. The second kappa shape index (κ2) is 6.62. The van der Waals surface area contributed by atoms with E-state index >= 15 is 0 Å². The minimum absolute atomic E-state index is 0.387. The van der Waals surface area contributed by atoms with Crippen molar-refractivity contribution in [1.29, 1.82) is 0 Å². The first kappa shape index (κ1) is 16.5. The number of aryl methyl sites for hydroxylation is 1. The number of hydrogen-bond acceptors (Lipinski definition) is 7. The van der Waals surface area contributed by atoms with E-state index in [1.54, 1.807) is 25.3 Å². The van der Waals surface area contributed by atoms with Gasteiger partial charge >= 0.3 is 5.97 Å². The van der Waals surface area contributed by atoms with Gasteiger partial charge in [-0.3, -0.25) is 0 Å². The molecule has 0 saturated carbocycles. The third-order valence-corrected chi connectivity index (χ3v) is 4.93. The second-order valence-electron chi connectivity index (χ2n) is 4.92. The summed E-state index contributed by atoms with van der Waals surface area (Å²) in [6.07, 6.45) is 1.44. The monoisotopic (exact) mass is 363 g/mol. The second-order valence-corrected chi connectivity index (χ2v) is 6.36. The minimum atomic E-state index is -0.387. The summed E-state index contributed by atoms with van der Waals surface area (Å²) < 4.78 is 10.2. The molecule has 0 aliphatic carbocycles. The van der Waals surface area contributed by atoms with Crippen LogP contribution < -0.4 is 10.1 Å². The zero-order chi connectivity index (χ0) is 17.3. The molecule has 0 fully saturated rings. The summed E-state index contributed by atoms with van der Waals surface area (Å²) in [6.45, 7) is 1.84. The Morgan fingerprint density at radius 3 is 2.79 bits per heavy atom. The number of ether oxygens (including phenoxy) is 2. The molecule has 0 aliphatic rings. The van der Waals surface area contributed by atoms with Gasteiger partial charge in [0.25, 0.3) is 0 Å². The summed E-state index contributed by atoms with van der Waals surface area (Å²) in [5.41, 5.74) is 1.45. The quantitative estimate of drug-likeness (QED) is 0.700. The van der Waals surface area contributed by atoms with E-state index in [1.165, 1.54) is 24.8 Å². The molecule has 124 valence electrons. The van der Waals surface area contributed by atoms with E-state index in [4.69, 9.17) is 21.1 Å². The molecule has 0 spiro atoms. The maximum atomic E-state index is 11.9. The minimum Gasteiger partial charge on any atom is -0.495 e. The first-order valence-electron chi connectivity index (χ1n) is 6.98. The Morgan fingerprint density at radius 1 is 1.29 bits per heavy atom. The van der Waals surface area contributed by atoms with Crippen molar-refractivity contribution in [1.82, 2.24) is 9.97 Å². The smallest absolute Gasteiger partial charge is 0.348 e. The Bertz CT molecular complexity index is 926. The zero-order valence-corrected chi connectivity index (χ0v) is 14.8. The highest BCUT2D eigenvalue weighted by molar-refractivity contribution is 7.20. The van der Waals surface area contributed by atoms with Gasteiger partial charge in [0.05, 0.1) is 25.3 Å². The van der Waals surface area contributed by atoms with E-state index in [2.05, 4.69) is 15.3 Å². The molecule has 2 aromatic heterocycles. The number of anilines is 2. The number of fused-ring (bicyclic) bond motifs is 1. The molecule has 0 radical (unpaired) electrons. The van der Waals surface area contributed by atoms with Crippen LogP contribution in [0.15, 0.2) is 24.5 Å². The van der Waals surface area contributed by atoms with Crippen LogP contribution in [0.1, 0.15) is 15.2 Å². The van der Waals surface area contributed by atoms with E-state index in [9.17, 15) is 4.79 Å². The molecule has 3 aromatic rings. The molecule has 0 saturated heterocycles. The van der Waals surface area contributed by atoms with Gasteiger partial charge in [0.15, 0.2) is 0 Å². The van der Waals surface area contributed by atoms with Crippen LogP contribution in [0, 0.1) is 6.92 Å². The summed E-state index contributed by atoms with van der Waals surface area (Å²) in [4.78, 5) is 21.7. The number of nitrogens with one attached hydrogen (secondary N) is 1. The summed E-state index contributed by atoms with van der Waals surface area (Å²) in [5, 5.41) is 4.55. The summed E-state index contributed by atoms with van der Waals surface area (Å²) in [5.74, 6) is 0.818. The number of thiophene rings is 1. The summed E-state index contributed by atoms with van der Waals surface area (Å²) in [6, 6.07) is 5.26. The van der Waals surface area contributed by atoms with Crippen molar-refractivity contribution in [2.45, 2.75) is 6.92 Å². The molecule has 3 rings (SSSR count). The highest BCUT2D eigenvalue weighted by Crippen LogP contribution is 2.37. The Kier molecular flexibility index (Phi) is 4.55. The Labute approximate surface area is 147 Å². The van der Waals surface area contributed by atoms with Gasteiger partial charge in [-0.2, -0.15) is 0 Å². The van der Waals surface area contributed by atoms with E-state index in [0.29, 0.717) is 32.0 Å². The number of aromatic nitrogens is 2. The maximum Gasteiger partial charge on any atom is 0.348 e. The fourth-order valence-electron chi connectivity index (χ4n) is 2.36. The van der Waals surface area contributed by atoms with Crippen molar-refractivity contribution in [2.24, 2.45) is 0 Å². The number of esters is 1. The predicted octanol–water partition coefficient (Wildman–Crippen LogP) is 4.19. The molecule has 0 atom stereocenters. The zero-order valence-electron chi connectivity index (χ0n) is 13.2. The number of rotatable bonds is 4. The van der Waals surface area contributed by atoms with Crippen LogP contribution in [-0.2, 0) is 4.74 Å². The van der Waals surface area contributed by atoms with Crippen LogP contribution in [-0.4, -0.2) is 30.2 Å². The molecule has 0 amide bonds. The molecule has 2 heterocycles. The maximum absolute atomic E-state index is 11.9. The SMILES string of the molecule is COC(=O)c1sc2ncnc(Nc3cc(Cl)ccc3OC)c2c1C. The number of benzene rings is 1. The molecule has 6 nitrogen and oxygen atoms in total. The summed E-state index contributed by atoms with van der Waals surface area (Å²) >= 11 is 7.34. The Morgan fingerprint density at radius 2 is 2.08 bits per heavy atom. The molecule has 0 aliphatic heterocycles. The predicted molar refractivity (Wildman–Crippen MR) is 94.8 cm³/mol. The van der Waals surface area contributed by atoms with Gasteiger partial charge < -0.3 is 14.8 Å². The van der Waals surface area contributed by atoms with Crippen LogP contribution in [0.25, 0.3) is 10.2 Å². The van der Waals surface area contributed by atoms with Crippen molar-refractivity contribution in [2.75, 3.05) is 19.5 Å². The average Bonchev–Trinajstić information content (AvgIpc) is 2.92. The number of carbonyl (C=O) groups excluding carboxylic acids is 1. The Hall–Kier alpha value is -2.38. The topological polar surface area (TPSA) is 73.3 Å². The van der Waals surface area contributed by atoms with Gasteiger partial charge in [0.1, 0.15) is 27.6 Å². The number of hydrogen-bond donors (Lipinski definition) is 1. The van der Waals surface area contributed by atoms with E-state index in [-0.39, 0.29) is 5.97 Å². The lowest BCUT2D eigenvalue weighted by Crippen LogP contribution is -2.01. The van der Waals surface area contributed by atoms with Crippen molar-refractivity contribution < 1.29 is 14.3 Å². The number of nitrogens with zero attached hydrogens (tertiary/aromatic N) is 2. The molecule has 1 N–H and O–H groups in total. The number of carbonyl (C=O) groups is 1. The Balaban J connectivity index is 2.12. The largest absolute Gasteiger partial charge is 0.495 e. The van der Waals surface area contributed by atoms with E-state index < -0.39 is 0 Å². The van der Waals surface area contributed by atoms with E-state index in [0.717, 1.165) is 10.9 Å². The molecular formula is C16H14ClN3O3S. The average molecular weight is 364 g/mol. The van der Waals surface area contributed by atoms with Gasteiger partial charge in [0, 0.05) is 5.02 Å². The third kappa shape index (κ3) is 2.88. The molecule has 24 heavy (non-hydrogen) atoms. The van der Waals surface area contributed by atoms with Gasteiger partial charge in [-0.05, 0) is 30.7 Å². The standard InChI is InChI=1S/C16H14ClN3O3S/c1-8-12-14(20-10-6-9(17)4-5-11(10)22-2)18-7-19-15(12)24-13(8)16(21)23-3/h4-7H,1-3H3,(H,18,19,20). The lowest BCUT2D eigenvalue weighted by molar-refractivity contribution is 0.0605. The van der Waals surface area contributed by atoms with Crippen LogP contribution in [0.2, 0.25) is 5.02 Å². The summed E-state index contributed by atoms with van der Waals surface area (Å²) in [7, 11) is 2.93. The van der Waals surface area contributed by atoms with Gasteiger partial charge in [-0.15, -0.1) is 11.3 Å². The lowest BCUT2D eigenvalue weighted by atomic mass is 10.2. The van der Waals surface area contributed by atoms with Crippen LogP contribution in [0.3, 0.4) is 0 Å². The van der Waals surface area contributed by atoms with Gasteiger partial charge in [-0.25, -0.2) is 14.8 Å². The first-order valence-corrected chi connectivity index (χ1v) is 8.17. The van der Waals surface area contributed by atoms with Crippen molar-refractivity contribution in [3.63, 3.8) is 0 Å². The highest BCUT2D eigenvalue weighted by Gasteiger charge is 2.20. The van der Waals surface area contributed by atoms with Crippen LogP contribution in [0.4, 0.5) is 11.5 Å². The van der Waals surface area contributed by atoms with Crippen molar-refractivity contribution >= 4 is 50.6 Å². The molecular weight excluding hydrogens is 350 g/mol. The van der Waals surface area contributed by atoms with E-state index in [1.807, 2.05) is 6.92 Å². The first-order chi connectivity index (χ1) is 11.5. The fourth-order valence-corrected chi connectivity index (χ4v) is 3.60. The van der Waals surface area contributed by atoms with Crippen molar-refractivity contribution in [3.8, 4) is 5.75 Å². The molecule has 0 bridgehead atoms. The van der Waals surface area contributed by atoms with Crippen molar-refractivity contribution in [3.05, 3.63) is 40.0 Å². The normalized spacial score (nSPS) is 10.7. The van der Waals surface area contributed by atoms with Gasteiger partial charge in [0.2, 0.25) is 0 Å². The third-order valence-electron chi connectivity index (χ3n) is 3.51.